The number of benzene rings is 1. The number of halogens is 4. The van der Waals surface area contributed by atoms with Crippen LogP contribution >= 0.6 is 22.6 Å². The molecule has 4 nitrogen and oxygen atoms in total. The molecule has 0 atom stereocenters. The molecule has 120 valence electrons. The fraction of sp³-hybridized carbons (Fsp3) is 0.538. The van der Waals surface area contributed by atoms with Crippen LogP contribution in [-0.4, -0.2) is 40.2 Å². The average molecular weight is 419 g/mol. The van der Waals surface area contributed by atoms with Gasteiger partial charge in [-0.15, -0.1) is 0 Å². The van der Waals surface area contributed by atoms with Crippen LogP contribution in [0.1, 0.15) is 5.56 Å². The largest absolute Gasteiger partial charge is 0.493 e. The molecule has 0 aliphatic heterocycles. The molecule has 0 heterocycles. The van der Waals surface area contributed by atoms with Gasteiger partial charge in [-0.1, -0.05) is 0 Å². The first-order valence-corrected chi connectivity index (χ1v) is 7.21. The number of nitrogens with one attached hydrogen (secondary N) is 1. The monoisotopic (exact) mass is 419 g/mol. The molecule has 0 saturated heterocycles. The molecule has 0 aliphatic carbocycles. The molecule has 0 aliphatic rings. The highest BCUT2D eigenvalue weighted by Gasteiger charge is 2.29. The van der Waals surface area contributed by atoms with Crippen molar-refractivity contribution in [1.29, 1.82) is 0 Å². The summed E-state index contributed by atoms with van der Waals surface area (Å²) in [5.41, 5.74) is 0.895. The first-order valence-electron chi connectivity index (χ1n) is 6.13. The quantitative estimate of drug-likeness (QED) is 0.520. The molecule has 1 rings (SSSR count). The highest BCUT2D eigenvalue weighted by molar-refractivity contribution is 14.1. The number of alkyl halides is 3. The summed E-state index contributed by atoms with van der Waals surface area (Å²) in [7, 11) is 3.01. The zero-order chi connectivity index (χ0) is 15.9. The maximum Gasteiger partial charge on any atom is 0.422 e. The highest BCUT2D eigenvalue weighted by Crippen LogP contribution is 2.35. The molecule has 0 saturated carbocycles. The number of rotatable bonds is 8. The van der Waals surface area contributed by atoms with E-state index in [4.69, 9.17) is 14.2 Å². The third-order valence-corrected chi connectivity index (χ3v) is 3.28. The van der Waals surface area contributed by atoms with Crippen molar-refractivity contribution in [2.24, 2.45) is 0 Å². The predicted octanol–water partition coefficient (Wildman–Crippen LogP) is 2.98. The zero-order valence-corrected chi connectivity index (χ0v) is 13.9. The molecular weight excluding hydrogens is 402 g/mol. The summed E-state index contributed by atoms with van der Waals surface area (Å²) in [6.45, 7) is 0.489. The van der Waals surface area contributed by atoms with Crippen molar-refractivity contribution in [1.82, 2.24) is 5.32 Å². The van der Waals surface area contributed by atoms with Gasteiger partial charge in [0.1, 0.15) is 0 Å². The lowest BCUT2D eigenvalue weighted by Gasteiger charge is -2.15. The molecule has 0 radical (unpaired) electrons. The number of hydrogen-bond donors (Lipinski definition) is 1. The van der Waals surface area contributed by atoms with Crippen LogP contribution in [0.2, 0.25) is 0 Å². The highest BCUT2D eigenvalue weighted by atomic mass is 127. The molecule has 0 bridgehead atoms. The Labute approximate surface area is 135 Å². The normalized spacial score (nSPS) is 11.5. The smallest absolute Gasteiger partial charge is 0.422 e. The van der Waals surface area contributed by atoms with Crippen LogP contribution in [0.5, 0.6) is 11.5 Å². The Bertz CT molecular complexity index is 455. The molecule has 21 heavy (non-hydrogen) atoms. The van der Waals surface area contributed by atoms with Crippen molar-refractivity contribution >= 4 is 22.6 Å². The molecular formula is C13H17F3INO3. The van der Waals surface area contributed by atoms with E-state index in [9.17, 15) is 13.2 Å². The van der Waals surface area contributed by atoms with Crippen LogP contribution in [-0.2, 0) is 11.3 Å². The average Bonchev–Trinajstić information content (AvgIpc) is 2.40. The Morgan fingerprint density at radius 1 is 1.24 bits per heavy atom. The minimum Gasteiger partial charge on any atom is -0.493 e. The summed E-state index contributed by atoms with van der Waals surface area (Å²) >= 11 is 1.93. The maximum atomic E-state index is 12.2. The second kappa shape index (κ2) is 8.64. The van der Waals surface area contributed by atoms with Crippen molar-refractivity contribution < 1.29 is 27.4 Å². The topological polar surface area (TPSA) is 39.7 Å². The summed E-state index contributed by atoms with van der Waals surface area (Å²) in [6, 6.07) is 3.42. The molecule has 8 heteroatoms. The lowest BCUT2D eigenvalue weighted by Crippen LogP contribution is -2.20. The maximum absolute atomic E-state index is 12.2. The third-order valence-electron chi connectivity index (χ3n) is 2.48. The molecule has 0 amide bonds. The van der Waals surface area contributed by atoms with Crippen LogP contribution in [0, 0.1) is 3.57 Å². The number of hydrogen-bond acceptors (Lipinski definition) is 4. The SMILES string of the molecule is COCCNCc1cc(I)c(OCC(F)(F)F)c(OC)c1. The Balaban J connectivity index is 2.77. The van der Waals surface area contributed by atoms with E-state index in [1.807, 2.05) is 22.6 Å². The minimum absolute atomic E-state index is 0.107. The van der Waals surface area contributed by atoms with Crippen molar-refractivity contribution in [3.63, 3.8) is 0 Å². The summed E-state index contributed by atoms with van der Waals surface area (Å²) in [5, 5.41) is 3.15. The summed E-state index contributed by atoms with van der Waals surface area (Å²) in [5.74, 6) is 0.394. The van der Waals surface area contributed by atoms with Gasteiger partial charge in [0, 0.05) is 20.2 Å². The molecule has 1 aromatic carbocycles. The van der Waals surface area contributed by atoms with E-state index in [1.165, 1.54) is 7.11 Å². The van der Waals surface area contributed by atoms with Crippen LogP contribution < -0.4 is 14.8 Å². The molecule has 0 unspecified atom stereocenters. The van der Waals surface area contributed by atoms with E-state index in [0.717, 1.165) is 5.56 Å². The van der Waals surface area contributed by atoms with Crippen LogP contribution in [0.4, 0.5) is 13.2 Å². The summed E-state index contributed by atoms with van der Waals surface area (Å²) in [4.78, 5) is 0. The third kappa shape index (κ3) is 6.70. The van der Waals surface area contributed by atoms with Crippen molar-refractivity contribution in [2.45, 2.75) is 12.7 Å². The molecule has 0 aromatic heterocycles. The first-order chi connectivity index (χ1) is 9.87. The Morgan fingerprint density at radius 3 is 2.52 bits per heavy atom. The van der Waals surface area contributed by atoms with Gasteiger partial charge in [0.15, 0.2) is 18.1 Å². The van der Waals surface area contributed by atoms with E-state index in [1.54, 1.807) is 19.2 Å². The lowest BCUT2D eigenvalue weighted by atomic mass is 10.2. The molecule has 1 aromatic rings. The summed E-state index contributed by atoms with van der Waals surface area (Å²) < 4.78 is 52.1. The Hall–Kier alpha value is -0.740. The molecule has 0 fully saturated rings. The van der Waals surface area contributed by atoms with Crippen LogP contribution in [0.15, 0.2) is 12.1 Å². The number of ether oxygens (including phenoxy) is 3. The van der Waals surface area contributed by atoms with E-state index < -0.39 is 12.8 Å². The van der Waals surface area contributed by atoms with Gasteiger partial charge in [0.2, 0.25) is 0 Å². The van der Waals surface area contributed by atoms with E-state index in [2.05, 4.69) is 5.32 Å². The molecule has 0 spiro atoms. The summed E-state index contributed by atoms with van der Waals surface area (Å²) in [6.07, 6.45) is -4.38. The van der Waals surface area contributed by atoms with Gasteiger partial charge in [0.25, 0.3) is 0 Å². The van der Waals surface area contributed by atoms with Crippen molar-refractivity contribution in [3.05, 3.63) is 21.3 Å². The van der Waals surface area contributed by atoms with Gasteiger partial charge >= 0.3 is 6.18 Å². The first kappa shape index (κ1) is 18.3. The Morgan fingerprint density at radius 2 is 1.95 bits per heavy atom. The zero-order valence-electron chi connectivity index (χ0n) is 11.7. The minimum atomic E-state index is -4.38. The second-order valence-corrected chi connectivity index (χ2v) is 5.34. The number of methoxy groups -OCH3 is 2. The fourth-order valence-electron chi connectivity index (χ4n) is 1.58. The van der Waals surface area contributed by atoms with Gasteiger partial charge < -0.3 is 19.5 Å². The van der Waals surface area contributed by atoms with Crippen LogP contribution in [0.3, 0.4) is 0 Å². The van der Waals surface area contributed by atoms with E-state index in [-0.39, 0.29) is 11.5 Å². The molecule has 1 N–H and O–H groups in total. The lowest BCUT2D eigenvalue weighted by molar-refractivity contribution is -0.153. The van der Waals surface area contributed by atoms with E-state index in [0.29, 0.717) is 23.3 Å². The second-order valence-electron chi connectivity index (χ2n) is 4.18. The van der Waals surface area contributed by atoms with Crippen molar-refractivity contribution in [3.8, 4) is 11.5 Å². The fourth-order valence-corrected chi connectivity index (χ4v) is 2.40. The Kier molecular flexibility index (Phi) is 7.53. The van der Waals surface area contributed by atoms with Gasteiger partial charge in [-0.25, -0.2) is 0 Å². The van der Waals surface area contributed by atoms with E-state index >= 15 is 0 Å². The van der Waals surface area contributed by atoms with Gasteiger partial charge in [-0.05, 0) is 40.3 Å². The van der Waals surface area contributed by atoms with Gasteiger partial charge in [-0.3, -0.25) is 0 Å². The van der Waals surface area contributed by atoms with Gasteiger partial charge in [-0.2, -0.15) is 13.2 Å². The van der Waals surface area contributed by atoms with Gasteiger partial charge in [0.05, 0.1) is 17.3 Å². The van der Waals surface area contributed by atoms with Crippen LogP contribution in [0.25, 0.3) is 0 Å². The predicted molar refractivity (Wildman–Crippen MR) is 80.8 cm³/mol. The standard InChI is InChI=1S/C13H17F3INO3/c1-19-4-3-18-7-9-5-10(17)12(11(6-9)20-2)21-8-13(14,15)16/h5-6,18H,3-4,7-8H2,1-2H3. The van der Waals surface area contributed by atoms with Crippen molar-refractivity contribution in [2.75, 3.05) is 34.0 Å².